The van der Waals surface area contributed by atoms with E-state index in [-0.39, 0.29) is 17.2 Å². The standard InChI is InChI=1S/C18H28N4O2/c1-18(2,3)17(24)22-9-5-8-21(10-11-22)14-16(23)20-13-15-6-4-7-19-12-15/h4,6-7,12H,5,8-11,13-14H2,1-3H3,(H,20,23). The molecule has 0 atom stereocenters. The van der Waals surface area contributed by atoms with Gasteiger partial charge in [-0.1, -0.05) is 26.8 Å². The third kappa shape index (κ3) is 5.60. The van der Waals surface area contributed by atoms with Crippen molar-refractivity contribution in [2.75, 3.05) is 32.7 Å². The molecule has 1 aliphatic heterocycles. The van der Waals surface area contributed by atoms with Crippen molar-refractivity contribution in [1.29, 1.82) is 0 Å². The van der Waals surface area contributed by atoms with Crippen LogP contribution in [0.2, 0.25) is 0 Å². The largest absolute Gasteiger partial charge is 0.351 e. The molecule has 0 saturated carbocycles. The first-order chi connectivity index (χ1) is 11.4. The molecule has 1 aromatic rings. The first kappa shape index (κ1) is 18.4. The molecule has 1 fully saturated rings. The minimum Gasteiger partial charge on any atom is -0.351 e. The van der Waals surface area contributed by atoms with Crippen LogP contribution < -0.4 is 5.32 Å². The second-order valence-corrected chi connectivity index (χ2v) is 7.31. The molecule has 1 aliphatic rings. The van der Waals surface area contributed by atoms with Gasteiger partial charge in [-0.2, -0.15) is 0 Å². The van der Waals surface area contributed by atoms with Crippen molar-refractivity contribution in [3.63, 3.8) is 0 Å². The number of carbonyl (C=O) groups excluding carboxylic acids is 2. The zero-order valence-electron chi connectivity index (χ0n) is 14.9. The van der Waals surface area contributed by atoms with Crippen LogP contribution in [0, 0.1) is 5.41 Å². The van der Waals surface area contributed by atoms with Crippen LogP contribution in [0.1, 0.15) is 32.8 Å². The van der Waals surface area contributed by atoms with Gasteiger partial charge >= 0.3 is 0 Å². The van der Waals surface area contributed by atoms with E-state index in [1.807, 2.05) is 37.8 Å². The molecule has 132 valence electrons. The van der Waals surface area contributed by atoms with Crippen LogP contribution in [-0.4, -0.2) is 59.3 Å². The van der Waals surface area contributed by atoms with E-state index in [4.69, 9.17) is 0 Å². The van der Waals surface area contributed by atoms with E-state index in [9.17, 15) is 9.59 Å². The molecule has 2 amide bonds. The minimum absolute atomic E-state index is 0.00875. The lowest BCUT2D eigenvalue weighted by atomic mass is 9.94. The van der Waals surface area contributed by atoms with Crippen LogP contribution in [-0.2, 0) is 16.1 Å². The van der Waals surface area contributed by atoms with Gasteiger partial charge in [-0.05, 0) is 18.1 Å². The Labute approximate surface area is 144 Å². The first-order valence-corrected chi connectivity index (χ1v) is 8.53. The summed E-state index contributed by atoms with van der Waals surface area (Å²) in [5.74, 6) is 0.194. The summed E-state index contributed by atoms with van der Waals surface area (Å²) in [6.07, 6.45) is 4.37. The smallest absolute Gasteiger partial charge is 0.234 e. The normalized spacial score (nSPS) is 16.5. The van der Waals surface area contributed by atoms with E-state index in [0.29, 0.717) is 19.6 Å². The summed E-state index contributed by atoms with van der Waals surface area (Å²) < 4.78 is 0. The van der Waals surface area contributed by atoms with Crippen LogP contribution in [0.5, 0.6) is 0 Å². The molecule has 6 nitrogen and oxygen atoms in total. The molecule has 0 aliphatic carbocycles. The third-order valence-corrected chi connectivity index (χ3v) is 4.10. The van der Waals surface area contributed by atoms with Gasteiger partial charge in [-0.15, -0.1) is 0 Å². The van der Waals surface area contributed by atoms with Crippen molar-refractivity contribution in [2.24, 2.45) is 5.41 Å². The van der Waals surface area contributed by atoms with E-state index in [1.165, 1.54) is 0 Å². The number of rotatable bonds is 4. The van der Waals surface area contributed by atoms with Crippen LogP contribution in [0.3, 0.4) is 0 Å². The quantitative estimate of drug-likeness (QED) is 0.902. The molecule has 1 aromatic heterocycles. The average molecular weight is 332 g/mol. The van der Waals surface area contributed by atoms with Gasteiger partial charge in [0.2, 0.25) is 11.8 Å². The molecule has 2 rings (SSSR count). The van der Waals surface area contributed by atoms with Crippen molar-refractivity contribution in [2.45, 2.75) is 33.7 Å². The Kier molecular flexibility index (Phi) is 6.31. The first-order valence-electron chi connectivity index (χ1n) is 8.53. The lowest BCUT2D eigenvalue weighted by Crippen LogP contribution is -2.42. The molecule has 0 aromatic carbocycles. The van der Waals surface area contributed by atoms with Gasteiger partial charge in [0.15, 0.2) is 0 Å². The molecule has 2 heterocycles. The third-order valence-electron chi connectivity index (χ3n) is 4.10. The summed E-state index contributed by atoms with van der Waals surface area (Å²) in [5.41, 5.74) is 0.639. The van der Waals surface area contributed by atoms with E-state index in [2.05, 4.69) is 15.2 Å². The number of amides is 2. The maximum Gasteiger partial charge on any atom is 0.234 e. The van der Waals surface area contributed by atoms with E-state index in [1.54, 1.807) is 12.4 Å². The van der Waals surface area contributed by atoms with Crippen molar-refractivity contribution in [3.8, 4) is 0 Å². The van der Waals surface area contributed by atoms with Gasteiger partial charge in [-0.3, -0.25) is 19.5 Å². The van der Waals surface area contributed by atoms with Gasteiger partial charge in [0.25, 0.3) is 0 Å². The van der Waals surface area contributed by atoms with Crippen molar-refractivity contribution >= 4 is 11.8 Å². The molecule has 1 N–H and O–H groups in total. The number of aromatic nitrogens is 1. The van der Waals surface area contributed by atoms with Crippen molar-refractivity contribution < 1.29 is 9.59 Å². The fourth-order valence-electron chi connectivity index (χ4n) is 2.77. The van der Waals surface area contributed by atoms with Gasteiger partial charge in [0.05, 0.1) is 6.54 Å². The number of nitrogens with zero attached hydrogens (tertiary/aromatic N) is 3. The number of nitrogens with one attached hydrogen (secondary N) is 1. The maximum atomic E-state index is 12.4. The second-order valence-electron chi connectivity index (χ2n) is 7.31. The summed E-state index contributed by atoms with van der Waals surface area (Å²) >= 11 is 0. The summed E-state index contributed by atoms with van der Waals surface area (Å²) in [7, 11) is 0. The molecular formula is C18H28N4O2. The molecule has 1 saturated heterocycles. The average Bonchev–Trinajstić information content (AvgIpc) is 2.78. The van der Waals surface area contributed by atoms with Crippen LogP contribution in [0.25, 0.3) is 0 Å². The van der Waals surface area contributed by atoms with Crippen LogP contribution in [0.15, 0.2) is 24.5 Å². The number of carbonyl (C=O) groups is 2. The fourth-order valence-corrected chi connectivity index (χ4v) is 2.77. The van der Waals surface area contributed by atoms with Gasteiger partial charge in [-0.25, -0.2) is 0 Å². The van der Waals surface area contributed by atoms with Gasteiger partial charge in [0, 0.05) is 50.5 Å². The van der Waals surface area contributed by atoms with E-state index < -0.39 is 0 Å². The molecule has 24 heavy (non-hydrogen) atoms. The predicted molar refractivity (Wildman–Crippen MR) is 93.2 cm³/mol. The SMILES string of the molecule is CC(C)(C)C(=O)N1CCCN(CC(=O)NCc2cccnc2)CC1. The Balaban J connectivity index is 1.77. The van der Waals surface area contributed by atoms with Crippen molar-refractivity contribution in [3.05, 3.63) is 30.1 Å². The Morgan fingerprint density at radius 3 is 2.67 bits per heavy atom. The van der Waals surface area contributed by atoms with E-state index in [0.717, 1.165) is 31.6 Å². The van der Waals surface area contributed by atoms with E-state index >= 15 is 0 Å². The Hall–Kier alpha value is -1.95. The molecule has 6 heteroatoms. The maximum absolute atomic E-state index is 12.4. The second kappa shape index (κ2) is 8.24. The van der Waals surface area contributed by atoms with Gasteiger partial charge in [0.1, 0.15) is 0 Å². The Morgan fingerprint density at radius 2 is 2.00 bits per heavy atom. The fraction of sp³-hybridized carbons (Fsp3) is 0.611. The van der Waals surface area contributed by atoms with Gasteiger partial charge < -0.3 is 10.2 Å². The van der Waals surface area contributed by atoms with Crippen molar-refractivity contribution in [1.82, 2.24) is 20.1 Å². The predicted octanol–water partition coefficient (Wildman–Crippen LogP) is 1.28. The highest BCUT2D eigenvalue weighted by Crippen LogP contribution is 2.18. The number of hydrogen-bond donors (Lipinski definition) is 1. The zero-order chi connectivity index (χ0) is 17.6. The molecule has 0 radical (unpaired) electrons. The molecule has 0 unspecified atom stereocenters. The topological polar surface area (TPSA) is 65.5 Å². The lowest BCUT2D eigenvalue weighted by Gasteiger charge is -2.28. The lowest BCUT2D eigenvalue weighted by molar-refractivity contribution is -0.139. The minimum atomic E-state index is -0.351. The monoisotopic (exact) mass is 332 g/mol. The molecular weight excluding hydrogens is 304 g/mol. The highest BCUT2D eigenvalue weighted by molar-refractivity contribution is 5.81. The number of pyridine rings is 1. The molecule has 0 bridgehead atoms. The Morgan fingerprint density at radius 1 is 1.21 bits per heavy atom. The zero-order valence-corrected chi connectivity index (χ0v) is 14.9. The van der Waals surface area contributed by atoms with Crippen LogP contribution >= 0.6 is 0 Å². The molecule has 0 spiro atoms. The highest BCUT2D eigenvalue weighted by Gasteiger charge is 2.28. The van der Waals surface area contributed by atoms with Crippen LogP contribution in [0.4, 0.5) is 0 Å². The summed E-state index contributed by atoms with van der Waals surface area (Å²) in [6.45, 7) is 9.75. The Bertz CT molecular complexity index is 554. The number of hydrogen-bond acceptors (Lipinski definition) is 4. The summed E-state index contributed by atoms with van der Waals surface area (Å²) in [6, 6.07) is 3.80. The summed E-state index contributed by atoms with van der Waals surface area (Å²) in [4.78, 5) is 32.6. The highest BCUT2D eigenvalue weighted by atomic mass is 16.2. The summed E-state index contributed by atoms with van der Waals surface area (Å²) in [5, 5.41) is 2.92.